The molecule has 0 N–H and O–H groups in total. The second-order valence-corrected chi connectivity index (χ2v) is 2.40. The van der Waals surface area contributed by atoms with Gasteiger partial charge in [-0.3, -0.25) is 4.79 Å². The molecule has 0 unspecified atom stereocenters. The van der Waals surface area contributed by atoms with Gasteiger partial charge in [-0.2, -0.15) is 0 Å². The van der Waals surface area contributed by atoms with Crippen molar-refractivity contribution in [3.8, 4) is 0 Å². The topological polar surface area (TPSA) is 101 Å². The molecule has 0 saturated heterocycles. The van der Waals surface area contributed by atoms with E-state index in [0.717, 1.165) is 13.8 Å². The molecule has 0 aliphatic rings. The minimum atomic E-state index is -1.08. The zero-order valence-corrected chi connectivity index (χ0v) is 11.9. The number of hydrogen-bond acceptors (Lipinski definition) is 5. The van der Waals surface area contributed by atoms with Crippen molar-refractivity contribution in [3.63, 3.8) is 0 Å². The standard InChI is InChI=1S/C4H9NO.2C2H4O2.Ca/c1-4(6)5(2)3;2*1-2(3)4;/h1-3H3;2*1H3,(H,3,4);/q;;;+2/p-2. The van der Waals surface area contributed by atoms with Crippen LogP contribution in [0.2, 0.25) is 0 Å². The van der Waals surface area contributed by atoms with E-state index in [2.05, 4.69) is 0 Å². The Morgan fingerprint density at radius 2 is 0.933 bits per heavy atom. The first-order valence-corrected chi connectivity index (χ1v) is 3.64. The fraction of sp³-hybridized carbons (Fsp3) is 0.625. The zero-order valence-electron chi connectivity index (χ0n) is 9.70. The van der Waals surface area contributed by atoms with Crippen LogP contribution in [0.3, 0.4) is 0 Å². The van der Waals surface area contributed by atoms with Gasteiger partial charge in [-0.25, -0.2) is 0 Å². The van der Waals surface area contributed by atoms with Crippen LogP contribution in [0.5, 0.6) is 0 Å². The number of aliphatic carboxylic acids is 2. The summed E-state index contributed by atoms with van der Waals surface area (Å²) in [4.78, 5) is 29.4. The van der Waals surface area contributed by atoms with Crippen molar-refractivity contribution < 1.29 is 24.6 Å². The molecule has 0 saturated carbocycles. The van der Waals surface area contributed by atoms with Crippen LogP contribution in [0.1, 0.15) is 20.8 Å². The van der Waals surface area contributed by atoms with E-state index in [9.17, 15) is 4.79 Å². The van der Waals surface area contributed by atoms with E-state index in [0.29, 0.717) is 0 Å². The summed E-state index contributed by atoms with van der Waals surface area (Å²) in [6, 6.07) is 0. The summed E-state index contributed by atoms with van der Waals surface area (Å²) < 4.78 is 0. The van der Waals surface area contributed by atoms with Crippen molar-refractivity contribution in [2.75, 3.05) is 14.1 Å². The Kier molecular flexibility index (Phi) is 25.9. The number of rotatable bonds is 0. The van der Waals surface area contributed by atoms with Crippen molar-refractivity contribution in [3.05, 3.63) is 0 Å². The largest absolute Gasteiger partial charge is 2.00 e. The molecule has 6 nitrogen and oxygen atoms in total. The SMILES string of the molecule is CC(=O)N(C)C.CC(=O)[O-].CC(=O)[O-].[Ca+2]. The predicted molar refractivity (Wildman–Crippen MR) is 51.5 cm³/mol. The Morgan fingerprint density at radius 3 is 0.933 bits per heavy atom. The quantitative estimate of drug-likeness (QED) is 0.430. The molecule has 0 aromatic carbocycles. The van der Waals surface area contributed by atoms with E-state index in [1.54, 1.807) is 14.1 Å². The van der Waals surface area contributed by atoms with Crippen molar-refractivity contribution in [2.24, 2.45) is 0 Å². The van der Waals surface area contributed by atoms with Crippen LogP contribution in [0, 0.1) is 0 Å². The summed E-state index contributed by atoms with van der Waals surface area (Å²) in [6.07, 6.45) is 0. The molecule has 7 heteroatoms. The van der Waals surface area contributed by atoms with Gasteiger partial charge in [0.2, 0.25) is 5.91 Å². The molecule has 84 valence electrons. The van der Waals surface area contributed by atoms with Crippen LogP contribution in [0.4, 0.5) is 0 Å². The first-order valence-electron chi connectivity index (χ1n) is 3.64. The number of carbonyl (C=O) groups excluding carboxylic acids is 3. The molecule has 0 radical (unpaired) electrons. The van der Waals surface area contributed by atoms with Crippen LogP contribution in [-0.4, -0.2) is 74.6 Å². The number of carboxylic acids is 2. The first kappa shape index (κ1) is 24.1. The predicted octanol–water partition coefficient (Wildman–Crippen LogP) is -2.77. The van der Waals surface area contributed by atoms with Gasteiger partial charge in [-0.1, -0.05) is 0 Å². The van der Waals surface area contributed by atoms with Gasteiger partial charge >= 0.3 is 37.7 Å². The van der Waals surface area contributed by atoms with E-state index in [1.165, 1.54) is 11.8 Å². The molecule has 0 aliphatic carbocycles. The fourth-order valence-corrected chi connectivity index (χ4v) is 0. The van der Waals surface area contributed by atoms with Gasteiger partial charge in [0.25, 0.3) is 0 Å². The normalized spacial score (nSPS) is 6.47. The van der Waals surface area contributed by atoms with Gasteiger partial charge < -0.3 is 24.7 Å². The Labute approximate surface area is 119 Å². The van der Waals surface area contributed by atoms with Gasteiger partial charge in [-0.05, 0) is 13.8 Å². The third-order valence-corrected chi connectivity index (χ3v) is 0.630. The van der Waals surface area contributed by atoms with Gasteiger partial charge in [-0.15, -0.1) is 0 Å². The molecular formula is C8H15CaNO5. The van der Waals surface area contributed by atoms with Gasteiger partial charge in [0.05, 0.1) is 0 Å². The van der Waals surface area contributed by atoms with Gasteiger partial charge in [0.15, 0.2) is 0 Å². The summed E-state index contributed by atoms with van der Waals surface area (Å²) in [7, 11) is 3.45. The fourth-order valence-electron chi connectivity index (χ4n) is 0. The third kappa shape index (κ3) is 138. The molecular weight excluding hydrogens is 230 g/mol. The van der Waals surface area contributed by atoms with Crippen LogP contribution >= 0.6 is 0 Å². The average molecular weight is 245 g/mol. The number of amides is 1. The molecule has 0 aliphatic heterocycles. The molecule has 0 atom stereocenters. The minimum absolute atomic E-state index is 0. The smallest absolute Gasteiger partial charge is 0.550 e. The van der Waals surface area contributed by atoms with Crippen molar-refractivity contribution in [1.82, 2.24) is 4.90 Å². The van der Waals surface area contributed by atoms with Crippen LogP contribution in [0.25, 0.3) is 0 Å². The summed E-state index contributed by atoms with van der Waals surface area (Å²) in [5.41, 5.74) is 0. The van der Waals surface area contributed by atoms with Gasteiger partial charge in [0, 0.05) is 33.0 Å². The molecule has 0 aromatic rings. The van der Waals surface area contributed by atoms with E-state index < -0.39 is 11.9 Å². The molecule has 15 heavy (non-hydrogen) atoms. The average Bonchev–Trinajstić information content (AvgIpc) is 1.83. The summed E-state index contributed by atoms with van der Waals surface area (Å²) >= 11 is 0. The van der Waals surface area contributed by atoms with Crippen LogP contribution in [0.15, 0.2) is 0 Å². The Hall–Kier alpha value is -0.330. The molecule has 0 rings (SSSR count). The second-order valence-electron chi connectivity index (χ2n) is 2.40. The zero-order chi connectivity index (χ0) is 12.3. The van der Waals surface area contributed by atoms with Crippen molar-refractivity contribution in [2.45, 2.75) is 20.8 Å². The van der Waals surface area contributed by atoms with Crippen LogP contribution in [-0.2, 0) is 14.4 Å². The number of hydrogen-bond donors (Lipinski definition) is 0. The molecule has 0 aromatic heterocycles. The molecule has 1 amide bonds. The maximum absolute atomic E-state index is 10.1. The molecule has 0 spiro atoms. The van der Waals surface area contributed by atoms with E-state index in [4.69, 9.17) is 19.8 Å². The van der Waals surface area contributed by atoms with Crippen molar-refractivity contribution >= 4 is 55.6 Å². The van der Waals surface area contributed by atoms with E-state index in [-0.39, 0.29) is 43.6 Å². The Balaban J connectivity index is -0.0000000606. The number of carbonyl (C=O) groups is 3. The Morgan fingerprint density at radius 1 is 0.867 bits per heavy atom. The maximum Gasteiger partial charge on any atom is 2.00 e. The summed E-state index contributed by atoms with van der Waals surface area (Å²) in [5, 5.41) is 17.8. The second kappa shape index (κ2) is 16.1. The minimum Gasteiger partial charge on any atom is -0.550 e. The number of nitrogens with zero attached hydrogens (tertiary/aromatic N) is 1. The monoisotopic (exact) mass is 245 g/mol. The van der Waals surface area contributed by atoms with Crippen LogP contribution < -0.4 is 10.2 Å². The Bertz CT molecular complexity index is 173. The molecule has 0 heterocycles. The molecule has 0 fully saturated rings. The van der Waals surface area contributed by atoms with E-state index in [1.807, 2.05) is 0 Å². The summed E-state index contributed by atoms with van der Waals surface area (Å²) in [5.74, 6) is -2.07. The maximum atomic E-state index is 10.1. The first-order chi connectivity index (χ1) is 6.11. The number of carboxylic acid groups (broad SMARTS) is 2. The van der Waals surface area contributed by atoms with Gasteiger partial charge in [0.1, 0.15) is 0 Å². The molecule has 0 bridgehead atoms. The van der Waals surface area contributed by atoms with E-state index >= 15 is 0 Å². The third-order valence-electron chi connectivity index (χ3n) is 0.630. The summed E-state index contributed by atoms with van der Waals surface area (Å²) in [6.45, 7) is 3.47. The van der Waals surface area contributed by atoms with Crippen molar-refractivity contribution in [1.29, 1.82) is 0 Å².